The minimum absolute atomic E-state index is 0.00867. The van der Waals surface area contributed by atoms with E-state index in [0.717, 1.165) is 23.2 Å². The molecule has 0 fully saturated rings. The number of carbonyl (C=O) groups is 1. The number of fused-ring (bicyclic) bond motifs is 1. The molecule has 1 heterocycles. The maximum Gasteiger partial charge on any atom is 0.150 e. The molecule has 0 aromatic heterocycles. The first-order chi connectivity index (χ1) is 9.51. The minimum atomic E-state index is -0.00867. The Morgan fingerprint density at radius 1 is 1.20 bits per heavy atom. The molecule has 0 saturated carbocycles. The van der Waals surface area contributed by atoms with Crippen LogP contribution in [0.15, 0.2) is 36.4 Å². The summed E-state index contributed by atoms with van der Waals surface area (Å²) in [5.74, 6) is 0.924. The van der Waals surface area contributed by atoms with Gasteiger partial charge in [0.05, 0.1) is 6.61 Å². The van der Waals surface area contributed by atoms with E-state index in [1.165, 1.54) is 5.56 Å². The lowest BCUT2D eigenvalue weighted by atomic mass is 9.85. The van der Waals surface area contributed by atoms with E-state index in [1.807, 2.05) is 18.2 Å². The fourth-order valence-electron chi connectivity index (χ4n) is 2.57. The van der Waals surface area contributed by atoms with Gasteiger partial charge in [-0.05, 0) is 41.5 Å². The monoisotopic (exact) mass is 286 g/mol. The summed E-state index contributed by atoms with van der Waals surface area (Å²) >= 11 is 6.06. The Morgan fingerprint density at radius 3 is 2.75 bits per heavy atom. The zero-order chi connectivity index (χ0) is 14.3. The summed E-state index contributed by atoms with van der Waals surface area (Å²) in [4.78, 5) is 11.2. The summed E-state index contributed by atoms with van der Waals surface area (Å²) in [5.41, 5.74) is 3.66. The number of benzene rings is 2. The Kier molecular flexibility index (Phi) is 3.06. The zero-order valence-electron chi connectivity index (χ0n) is 11.4. The second-order valence-corrected chi connectivity index (χ2v) is 6.17. The molecule has 0 amide bonds. The largest absolute Gasteiger partial charge is 0.492 e. The Bertz CT molecular complexity index is 689. The molecule has 102 valence electrons. The van der Waals surface area contributed by atoms with Gasteiger partial charge >= 0.3 is 0 Å². The van der Waals surface area contributed by atoms with E-state index < -0.39 is 0 Å². The van der Waals surface area contributed by atoms with Crippen molar-refractivity contribution in [3.05, 3.63) is 52.5 Å². The number of ether oxygens (including phenoxy) is 1. The lowest BCUT2D eigenvalue weighted by molar-refractivity contribution is 0.112. The number of aldehydes is 1. The molecule has 2 aromatic carbocycles. The van der Waals surface area contributed by atoms with E-state index in [-0.39, 0.29) is 5.41 Å². The van der Waals surface area contributed by atoms with Crippen molar-refractivity contribution < 1.29 is 9.53 Å². The summed E-state index contributed by atoms with van der Waals surface area (Å²) in [6.45, 7) is 4.99. The van der Waals surface area contributed by atoms with E-state index in [4.69, 9.17) is 16.3 Å². The highest BCUT2D eigenvalue weighted by molar-refractivity contribution is 6.31. The second kappa shape index (κ2) is 4.64. The lowest BCUT2D eigenvalue weighted by Crippen LogP contribution is -2.18. The van der Waals surface area contributed by atoms with Gasteiger partial charge in [0.25, 0.3) is 0 Å². The highest BCUT2D eigenvalue weighted by Crippen LogP contribution is 2.41. The van der Waals surface area contributed by atoms with Crippen LogP contribution in [0.1, 0.15) is 29.8 Å². The Hall–Kier alpha value is -1.80. The number of carbonyl (C=O) groups excluding carboxylic acids is 1. The van der Waals surface area contributed by atoms with Crippen LogP contribution >= 0.6 is 11.6 Å². The molecular formula is C17H15ClO2. The first kappa shape index (κ1) is 13.2. The van der Waals surface area contributed by atoms with Gasteiger partial charge in [-0.15, -0.1) is 0 Å². The van der Waals surface area contributed by atoms with Crippen molar-refractivity contribution >= 4 is 17.9 Å². The fourth-order valence-corrected chi connectivity index (χ4v) is 2.74. The number of hydrogen-bond acceptors (Lipinski definition) is 2. The Morgan fingerprint density at radius 2 is 2.00 bits per heavy atom. The maximum atomic E-state index is 11.2. The summed E-state index contributed by atoms with van der Waals surface area (Å²) in [5, 5.41) is 0.626. The predicted molar refractivity (Wildman–Crippen MR) is 80.8 cm³/mol. The molecule has 0 radical (unpaired) electrons. The number of rotatable bonds is 2. The molecule has 2 aromatic rings. The van der Waals surface area contributed by atoms with Crippen LogP contribution in [0.3, 0.4) is 0 Å². The molecule has 2 nitrogen and oxygen atoms in total. The molecule has 0 aliphatic carbocycles. The van der Waals surface area contributed by atoms with Crippen molar-refractivity contribution in [3.63, 3.8) is 0 Å². The normalized spacial score (nSPS) is 15.6. The molecule has 0 N–H and O–H groups in total. The zero-order valence-corrected chi connectivity index (χ0v) is 12.2. The summed E-state index contributed by atoms with van der Waals surface area (Å²) < 4.78 is 5.69. The second-order valence-electron chi connectivity index (χ2n) is 5.73. The first-order valence-electron chi connectivity index (χ1n) is 6.54. The van der Waals surface area contributed by atoms with E-state index in [9.17, 15) is 4.79 Å². The number of hydrogen-bond donors (Lipinski definition) is 0. The SMILES string of the molecule is CC1(C)COc2ccc(-c3cc(Cl)ccc3C=O)cc21. The van der Waals surface area contributed by atoms with Gasteiger partial charge in [-0.3, -0.25) is 4.79 Å². The maximum absolute atomic E-state index is 11.2. The third-order valence-corrected chi connectivity index (χ3v) is 3.99. The van der Waals surface area contributed by atoms with Crippen LogP contribution < -0.4 is 4.74 Å². The average Bonchev–Trinajstić information content (AvgIpc) is 2.74. The topological polar surface area (TPSA) is 26.3 Å². The summed E-state index contributed by atoms with van der Waals surface area (Å²) in [6.07, 6.45) is 0.862. The van der Waals surface area contributed by atoms with Crippen LogP contribution in [0.5, 0.6) is 5.75 Å². The predicted octanol–water partition coefficient (Wildman–Crippen LogP) is 4.49. The van der Waals surface area contributed by atoms with Gasteiger partial charge in [0.2, 0.25) is 0 Å². The van der Waals surface area contributed by atoms with Crippen molar-refractivity contribution in [2.75, 3.05) is 6.61 Å². The molecule has 3 heteroatoms. The molecule has 0 unspecified atom stereocenters. The van der Waals surface area contributed by atoms with Gasteiger partial charge in [-0.1, -0.05) is 31.5 Å². The molecule has 0 bridgehead atoms. The summed E-state index contributed by atoms with van der Waals surface area (Å²) in [7, 11) is 0. The number of halogens is 1. The van der Waals surface area contributed by atoms with Crippen molar-refractivity contribution in [2.45, 2.75) is 19.3 Å². The highest BCUT2D eigenvalue weighted by atomic mass is 35.5. The van der Waals surface area contributed by atoms with E-state index >= 15 is 0 Å². The van der Waals surface area contributed by atoms with Gasteiger partial charge in [-0.2, -0.15) is 0 Å². The van der Waals surface area contributed by atoms with Gasteiger partial charge in [-0.25, -0.2) is 0 Å². The van der Waals surface area contributed by atoms with Crippen LogP contribution in [-0.4, -0.2) is 12.9 Å². The third kappa shape index (κ3) is 2.10. The molecule has 1 aliphatic rings. The van der Waals surface area contributed by atoms with Crippen LogP contribution in [0.4, 0.5) is 0 Å². The quantitative estimate of drug-likeness (QED) is 0.760. The van der Waals surface area contributed by atoms with Crippen molar-refractivity contribution in [1.82, 2.24) is 0 Å². The van der Waals surface area contributed by atoms with Crippen LogP contribution in [0, 0.1) is 0 Å². The summed E-state index contributed by atoms with van der Waals surface area (Å²) in [6, 6.07) is 11.3. The van der Waals surface area contributed by atoms with Crippen LogP contribution in [0.25, 0.3) is 11.1 Å². The minimum Gasteiger partial charge on any atom is -0.492 e. The third-order valence-electron chi connectivity index (χ3n) is 3.75. The standard InChI is InChI=1S/C17H15ClO2/c1-17(2)10-20-16-6-4-11(7-15(16)17)14-8-13(18)5-3-12(14)9-19/h3-9H,10H2,1-2H3. The van der Waals surface area contributed by atoms with E-state index in [1.54, 1.807) is 12.1 Å². The van der Waals surface area contributed by atoms with Gasteiger partial charge < -0.3 is 4.74 Å². The van der Waals surface area contributed by atoms with Gasteiger partial charge in [0.15, 0.2) is 6.29 Å². The highest BCUT2D eigenvalue weighted by Gasteiger charge is 2.31. The van der Waals surface area contributed by atoms with E-state index in [0.29, 0.717) is 17.2 Å². The van der Waals surface area contributed by atoms with Gasteiger partial charge in [0.1, 0.15) is 5.75 Å². The van der Waals surface area contributed by atoms with E-state index in [2.05, 4.69) is 19.9 Å². The van der Waals surface area contributed by atoms with Crippen molar-refractivity contribution in [3.8, 4) is 16.9 Å². The average molecular weight is 287 g/mol. The Balaban J connectivity index is 2.17. The molecule has 0 spiro atoms. The first-order valence-corrected chi connectivity index (χ1v) is 6.91. The smallest absolute Gasteiger partial charge is 0.150 e. The molecule has 0 saturated heterocycles. The molecule has 0 atom stereocenters. The molecular weight excluding hydrogens is 272 g/mol. The van der Waals surface area contributed by atoms with Gasteiger partial charge in [0, 0.05) is 21.6 Å². The van der Waals surface area contributed by atoms with Crippen LogP contribution in [0.2, 0.25) is 5.02 Å². The Labute approximate surface area is 123 Å². The van der Waals surface area contributed by atoms with Crippen molar-refractivity contribution in [2.24, 2.45) is 0 Å². The van der Waals surface area contributed by atoms with Crippen LogP contribution in [-0.2, 0) is 5.41 Å². The molecule has 1 aliphatic heterocycles. The fraction of sp³-hybridized carbons (Fsp3) is 0.235. The van der Waals surface area contributed by atoms with Crippen molar-refractivity contribution in [1.29, 1.82) is 0 Å². The molecule has 3 rings (SSSR count). The lowest BCUT2D eigenvalue weighted by Gasteiger charge is -2.16. The molecule has 20 heavy (non-hydrogen) atoms.